The normalized spacial score (nSPS) is 10.8. The van der Waals surface area contributed by atoms with Crippen LogP contribution in [-0.2, 0) is 11.3 Å². The summed E-state index contributed by atoms with van der Waals surface area (Å²) < 4.78 is 6.10. The van der Waals surface area contributed by atoms with Gasteiger partial charge in [-0.25, -0.2) is 9.78 Å². The van der Waals surface area contributed by atoms with Gasteiger partial charge in [0.1, 0.15) is 4.88 Å². The van der Waals surface area contributed by atoms with Crippen molar-refractivity contribution in [3.63, 3.8) is 0 Å². The number of carbonyl (C=O) groups excluding carboxylic acids is 2. The van der Waals surface area contributed by atoms with E-state index in [4.69, 9.17) is 4.74 Å². The first kappa shape index (κ1) is 20.6. The Balaban J connectivity index is 1.69. The van der Waals surface area contributed by atoms with Crippen LogP contribution in [0.3, 0.4) is 0 Å². The van der Waals surface area contributed by atoms with Crippen LogP contribution in [0.25, 0.3) is 10.1 Å². The SMILES string of the molecule is CCOC(=O)c1sc2ccc(NCc3nc[nH]c3C)cc2c1NC(=O)c1ccccc1. The third kappa shape index (κ3) is 4.44. The van der Waals surface area contributed by atoms with Crippen molar-refractivity contribution >= 4 is 44.7 Å². The second-order valence-electron chi connectivity index (χ2n) is 6.89. The van der Waals surface area contributed by atoms with Crippen molar-refractivity contribution in [1.29, 1.82) is 0 Å². The third-order valence-electron chi connectivity index (χ3n) is 4.82. The molecule has 4 rings (SSSR count). The number of aromatic nitrogens is 2. The summed E-state index contributed by atoms with van der Waals surface area (Å²) in [6, 6.07) is 14.7. The molecule has 0 bridgehead atoms. The molecule has 8 heteroatoms. The number of esters is 1. The number of imidazole rings is 1. The van der Waals surface area contributed by atoms with Crippen LogP contribution < -0.4 is 10.6 Å². The minimum Gasteiger partial charge on any atom is -0.462 e. The number of nitrogens with one attached hydrogen (secondary N) is 3. The third-order valence-corrected chi connectivity index (χ3v) is 5.97. The van der Waals surface area contributed by atoms with Gasteiger partial charge in [-0.15, -0.1) is 11.3 Å². The number of nitrogens with zero attached hydrogens (tertiary/aromatic N) is 1. The van der Waals surface area contributed by atoms with Crippen LogP contribution in [0.5, 0.6) is 0 Å². The van der Waals surface area contributed by atoms with Crippen LogP contribution >= 0.6 is 11.3 Å². The Bertz CT molecular complexity index is 1230. The summed E-state index contributed by atoms with van der Waals surface area (Å²) >= 11 is 1.30. The largest absolute Gasteiger partial charge is 0.462 e. The van der Waals surface area contributed by atoms with E-state index in [2.05, 4.69) is 20.6 Å². The Labute approximate surface area is 183 Å². The second kappa shape index (κ2) is 9.01. The molecule has 0 fully saturated rings. The lowest BCUT2D eigenvalue weighted by molar-refractivity contribution is 0.0533. The van der Waals surface area contributed by atoms with Gasteiger partial charge in [0.15, 0.2) is 0 Å². The Hall–Kier alpha value is -3.65. The fourth-order valence-corrected chi connectivity index (χ4v) is 4.23. The zero-order chi connectivity index (χ0) is 21.8. The van der Waals surface area contributed by atoms with Gasteiger partial charge < -0.3 is 20.4 Å². The van der Waals surface area contributed by atoms with Gasteiger partial charge in [0.2, 0.25) is 0 Å². The van der Waals surface area contributed by atoms with Gasteiger partial charge >= 0.3 is 5.97 Å². The van der Waals surface area contributed by atoms with Crippen molar-refractivity contribution in [3.05, 3.63) is 76.7 Å². The van der Waals surface area contributed by atoms with Crippen LogP contribution in [-0.4, -0.2) is 28.5 Å². The number of anilines is 2. The second-order valence-corrected chi connectivity index (χ2v) is 7.94. The molecule has 7 nitrogen and oxygen atoms in total. The number of H-pyrrole nitrogens is 1. The van der Waals surface area contributed by atoms with Gasteiger partial charge in [-0.05, 0) is 44.2 Å². The Morgan fingerprint density at radius 3 is 2.68 bits per heavy atom. The number of aryl methyl sites for hydroxylation is 1. The summed E-state index contributed by atoms with van der Waals surface area (Å²) in [6.45, 7) is 4.54. The first-order valence-electron chi connectivity index (χ1n) is 9.89. The van der Waals surface area contributed by atoms with Gasteiger partial charge in [-0.1, -0.05) is 18.2 Å². The highest BCUT2D eigenvalue weighted by Crippen LogP contribution is 2.38. The van der Waals surface area contributed by atoms with E-state index in [9.17, 15) is 9.59 Å². The average Bonchev–Trinajstić information content (AvgIpc) is 3.36. The van der Waals surface area contributed by atoms with Gasteiger partial charge in [0.05, 0.1) is 30.9 Å². The van der Waals surface area contributed by atoms with Crippen LogP contribution in [0.15, 0.2) is 54.9 Å². The molecule has 2 aromatic heterocycles. The summed E-state index contributed by atoms with van der Waals surface area (Å²) in [4.78, 5) is 33.1. The standard InChI is InChI=1S/C23H22N4O3S/c1-3-30-23(29)21-20(27-22(28)15-7-5-4-6-8-15)17-11-16(9-10-19(17)31-21)24-12-18-14(2)25-13-26-18/h4-11,13,24H,3,12H2,1-2H3,(H,25,26)(H,27,28). The number of ether oxygens (including phenoxy) is 1. The lowest BCUT2D eigenvalue weighted by atomic mass is 10.1. The number of fused-ring (bicyclic) bond motifs is 1. The zero-order valence-corrected chi connectivity index (χ0v) is 18.0. The fraction of sp³-hybridized carbons (Fsp3) is 0.174. The zero-order valence-electron chi connectivity index (χ0n) is 17.2. The van der Waals surface area contributed by atoms with Gasteiger partial charge in [-0.2, -0.15) is 0 Å². The van der Waals surface area contributed by atoms with E-state index in [0.29, 0.717) is 22.7 Å². The lowest BCUT2D eigenvalue weighted by Gasteiger charge is -2.09. The molecule has 3 N–H and O–H groups in total. The molecule has 0 spiro atoms. The maximum atomic E-state index is 12.8. The number of hydrogen-bond donors (Lipinski definition) is 3. The van der Waals surface area contributed by atoms with Crippen molar-refractivity contribution in [3.8, 4) is 0 Å². The number of rotatable bonds is 7. The molecule has 4 aromatic rings. The number of carbonyl (C=O) groups is 2. The van der Waals surface area contributed by atoms with Crippen molar-refractivity contribution in [2.45, 2.75) is 20.4 Å². The first-order chi connectivity index (χ1) is 15.1. The lowest BCUT2D eigenvalue weighted by Crippen LogP contribution is -2.14. The highest BCUT2D eigenvalue weighted by Gasteiger charge is 2.22. The number of hydrogen-bond acceptors (Lipinski definition) is 6. The summed E-state index contributed by atoms with van der Waals surface area (Å²) in [5.41, 5.74) is 3.77. The van der Waals surface area contributed by atoms with Crippen molar-refractivity contribution < 1.29 is 14.3 Å². The summed E-state index contributed by atoms with van der Waals surface area (Å²) in [5.74, 6) is -0.731. The maximum Gasteiger partial charge on any atom is 0.350 e. The molecule has 0 unspecified atom stereocenters. The molecular weight excluding hydrogens is 412 g/mol. The van der Waals surface area contributed by atoms with E-state index >= 15 is 0 Å². The van der Waals surface area contributed by atoms with Gasteiger partial charge in [-0.3, -0.25) is 4.79 Å². The smallest absolute Gasteiger partial charge is 0.350 e. The Kier molecular flexibility index (Phi) is 5.99. The minimum absolute atomic E-state index is 0.259. The highest BCUT2D eigenvalue weighted by molar-refractivity contribution is 7.21. The molecule has 0 saturated heterocycles. The summed E-state index contributed by atoms with van der Waals surface area (Å²) in [5, 5.41) is 7.05. The number of amides is 1. The molecule has 0 saturated carbocycles. The molecule has 158 valence electrons. The highest BCUT2D eigenvalue weighted by atomic mass is 32.1. The van der Waals surface area contributed by atoms with Crippen molar-refractivity contribution in [2.24, 2.45) is 0 Å². The van der Waals surface area contributed by atoms with Crippen molar-refractivity contribution in [1.82, 2.24) is 9.97 Å². The summed E-state index contributed by atoms with van der Waals surface area (Å²) in [6.07, 6.45) is 1.66. The molecule has 0 aliphatic carbocycles. The monoisotopic (exact) mass is 434 g/mol. The molecule has 31 heavy (non-hydrogen) atoms. The number of thiophene rings is 1. The molecule has 2 aromatic carbocycles. The predicted octanol–water partition coefficient (Wildman–Crippen LogP) is 4.97. The molecule has 0 aliphatic heterocycles. The van der Waals surface area contributed by atoms with E-state index in [1.54, 1.807) is 37.5 Å². The van der Waals surface area contributed by atoms with E-state index in [0.717, 1.165) is 27.2 Å². The topological polar surface area (TPSA) is 96.1 Å². The number of aromatic amines is 1. The average molecular weight is 435 g/mol. The predicted molar refractivity (Wildman–Crippen MR) is 123 cm³/mol. The number of benzene rings is 2. The molecule has 0 atom stereocenters. The quantitative estimate of drug-likeness (QED) is 0.357. The molecular formula is C23H22N4O3S. The van der Waals surface area contributed by atoms with Crippen LogP contribution in [0.4, 0.5) is 11.4 Å². The Morgan fingerprint density at radius 1 is 1.16 bits per heavy atom. The minimum atomic E-state index is -0.450. The van der Waals surface area contributed by atoms with Crippen molar-refractivity contribution in [2.75, 3.05) is 17.2 Å². The summed E-state index contributed by atoms with van der Waals surface area (Å²) in [7, 11) is 0. The van der Waals surface area contributed by atoms with Crippen LogP contribution in [0.2, 0.25) is 0 Å². The van der Waals surface area contributed by atoms with E-state index < -0.39 is 5.97 Å². The first-order valence-corrected chi connectivity index (χ1v) is 10.7. The van der Waals surface area contributed by atoms with Crippen LogP contribution in [0, 0.1) is 6.92 Å². The van der Waals surface area contributed by atoms with E-state index in [-0.39, 0.29) is 12.5 Å². The van der Waals surface area contributed by atoms with Gasteiger partial charge in [0, 0.05) is 27.0 Å². The maximum absolute atomic E-state index is 12.8. The molecule has 0 aliphatic rings. The fourth-order valence-electron chi connectivity index (χ4n) is 3.20. The van der Waals surface area contributed by atoms with Gasteiger partial charge in [0.25, 0.3) is 5.91 Å². The molecule has 2 heterocycles. The molecule has 1 amide bonds. The molecule has 0 radical (unpaired) electrons. The van der Waals surface area contributed by atoms with E-state index in [1.165, 1.54) is 11.3 Å². The Morgan fingerprint density at radius 2 is 1.97 bits per heavy atom. The van der Waals surface area contributed by atoms with Crippen LogP contribution in [0.1, 0.15) is 38.3 Å². The van der Waals surface area contributed by atoms with E-state index in [1.807, 2.05) is 31.2 Å².